The van der Waals surface area contributed by atoms with Crippen LogP contribution in [-0.2, 0) is 16.8 Å². The third-order valence-electron chi connectivity index (χ3n) is 8.74. The van der Waals surface area contributed by atoms with Gasteiger partial charge < -0.3 is 18.9 Å². The number of ketones is 1. The molecule has 6 aliphatic rings. The number of carbonyl (C=O) groups excluding carboxylic acids is 1. The number of hydrogen-bond acceptors (Lipinski definition) is 6. The molecule has 0 unspecified atom stereocenters. The Hall–Kier alpha value is -2.73. The minimum Gasteiger partial charge on any atom is -0.493 e. The van der Waals surface area contributed by atoms with Crippen molar-refractivity contribution in [3.63, 3.8) is 0 Å². The molecule has 8 rings (SSSR count). The minimum absolute atomic E-state index is 0.0892. The van der Waals surface area contributed by atoms with E-state index in [1.807, 2.05) is 6.07 Å². The molecule has 1 saturated heterocycles. The normalized spacial score (nSPS) is 33.4. The Morgan fingerprint density at radius 2 is 1.91 bits per heavy atom. The highest BCUT2D eigenvalue weighted by atomic mass is 16.7. The summed E-state index contributed by atoms with van der Waals surface area (Å²) in [5, 5.41) is 0. The van der Waals surface area contributed by atoms with Crippen molar-refractivity contribution >= 4 is 5.78 Å². The van der Waals surface area contributed by atoms with Gasteiger partial charge in [-0.15, -0.1) is 0 Å². The molecule has 2 aliphatic carbocycles. The fourth-order valence-corrected chi connectivity index (χ4v) is 7.93. The number of methoxy groups -OCH3 is 2. The van der Waals surface area contributed by atoms with Crippen molar-refractivity contribution in [2.75, 3.05) is 27.6 Å². The maximum atomic E-state index is 13.3. The molecule has 4 atom stereocenters. The Labute approximate surface area is 187 Å². The van der Waals surface area contributed by atoms with Gasteiger partial charge in [0.2, 0.25) is 6.79 Å². The van der Waals surface area contributed by atoms with E-state index in [0.717, 1.165) is 42.4 Å². The van der Waals surface area contributed by atoms with Gasteiger partial charge in [-0.05, 0) is 53.1 Å². The highest BCUT2D eigenvalue weighted by molar-refractivity contribution is 5.84. The molecule has 6 nitrogen and oxygen atoms in total. The summed E-state index contributed by atoms with van der Waals surface area (Å²) in [4.78, 5) is 15.9. The van der Waals surface area contributed by atoms with Crippen molar-refractivity contribution in [2.24, 2.45) is 5.41 Å². The molecule has 4 aliphatic heterocycles. The lowest BCUT2D eigenvalue weighted by Gasteiger charge is -2.70. The predicted octanol–water partition coefficient (Wildman–Crippen LogP) is 4.10. The Balaban J connectivity index is 1.54. The Bertz CT molecular complexity index is 1190. The molecule has 0 amide bonds. The molecule has 2 fully saturated rings. The van der Waals surface area contributed by atoms with Crippen LogP contribution in [0.1, 0.15) is 60.4 Å². The second-order valence-electron chi connectivity index (χ2n) is 10.2. The Kier molecular flexibility index (Phi) is 3.52. The first-order chi connectivity index (χ1) is 15.5. The molecule has 1 saturated carbocycles. The number of ether oxygens (including phenoxy) is 4. The van der Waals surface area contributed by atoms with Gasteiger partial charge in [0.05, 0.1) is 19.8 Å². The largest absolute Gasteiger partial charge is 0.493 e. The summed E-state index contributed by atoms with van der Waals surface area (Å²) in [5.41, 5.74) is 4.67. The standard InChI is InChI=1S/C26H27NO5/c1-25-10-15(28)11-26-17-9-21-20(31-13-32-21)8-14(17)6-7-27(26)18(12-25)22-16(24(25)26)4-5-19(29-2)23(22)30-3/h4-5,8-9,18,24H,6-7,10-13H2,1-3H3/t18-,24-,25+,26-/m1/s1. The third kappa shape index (κ3) is 2.03. The van der Waals surface area contributed by atoms with Crippen LogP contribution in [0.15, 0.2) is 24.3 Å². The number of piperidine rings is 1. The summed E-state index contributed by atoms with van der Waals surface area (Å²) >= 11 is 0. The summed E-state index contributed by atoms with van der Waals surface area (Å²) in [5.74, 6) is 3.81. The summed E-state index contributed by atoms with van der Waals surface area (Å²) in [6.45, 7) is 3.50. The van der Waals surface area contributed by atoms with Crippen LogP contribution in [-0.4, -0.2) is 38.2 Å². The molecule has 32 heavy (non-hydrogen) atoms. The summed E-state index contributed by atoms with van der Waals surface area (Å²) in [6, 6.07) is 8.77. The number of nitrogens with zero attached hydrogens (tertiary/aromatic N) is 1. The first-order valence-electron chi connectivity index (χ1n) is 11.5. The van der Waals surface area contributed by atoms with Gasteiger partial charge in [-0.1, -0.05) is 13.0 Å². The number of rotatable bonds is 2. The molecule has 0 N–H and O–H groups in total. The van der Waals surface area contributed by atoms with E-state index in [0.29, 0.717) is 18.6 Å². The van der Waals surface area contributed by atoms with E-state index < -0.39 is 0 Å². The Morgan fingerprint density at radius 3 is 2.69 bits per heavy atom. The van der Waals surface area contributed by atoms with Gasteiger partial charge in [-0.3, -0.25) is 9.69 Å². The molecule has 0 radical (unpaired) electrons. The van der Waals surface area contributed by atoms with E-state index in [1.165, 1.54) is 22.3 Å². The fourth-order valence-electron chi connectivity index (χ4n) is 7.93. The molecule has 166 valence electrons. The molecular weight excluding hydrogens is 406 g/mol. The van der Waals surface area contributed by atoms with Crippen LogP contribution in [0.2, 0.25) is 0 Å². The average Bonchev–Trinajstić information content (AvgIpc) is 3.23. The summed E-state index contributed by atoms with van der Waals surface area (Å²) in [6.07, 6.45) is 3.08. The van der Waals surface area contributed by atoms with Crippen LogP contribution in [0, 0.1) is 5.41 Å². The second-order valence-corrected chi connectivity index (χ2v) is 10.2. The lowest BCUT2D eigenvalue weighted by Crippen LogP contribution is -2.68. The van der Waals surface area contributed by atoms with E-state index in [-0.39, 0.29) is 29.7 Å². The first-order valence-corrected chi connectivity index (χ1v) is 11.5. The van der Waals surface area contributed by atoms with Crippen LogP contribution < -0.4 is 18.9 Å². The maximum absolute atomic E-state index is 13.3. The van der Waals surface area contributed by atoms with Crippen molar-refractivity contribution in [1.29, 1.82) is 0 Å². The van der Waals surface area contributed by atoms with Crippen molar-refractivity contribution in [2.45, 2.75) is 50.1 Å². The van der Waals surface area contributed by atoms with Crippen LogP contribution in [0.3, 0.4) is 0 Å². The minimum atomic E-state index is -0.353. The van der Waals surface area contributed by atoms with Crippen LogP contribution in [0.4, 0.5) is 0 Å². The SMILES string of the molecule is COc1ccc2c(c1OC)[C@H]1C[C@]3(C)CC(=O)C[C@@]4(c5cc6c(cc5CCN14)OCO6)[C@H]23. The van der Waals surface area contributed by atoms with E-state index in [9.17, 15) is 4.79 Å². The molecule has 6 heteroatoms. The van der Waals surface area contributed by atoms with Gasteiger partial charge >= 0.3 is 0 Å². The molecule has 2 aromatic rings. The number of carbonyl (C=O) groups is 1. The van der Waals surface area contributed by atoms with Gasteiger partial charge in [-0.25, -0.2) is 0 Å². The fraction of sp³-hybridized carbons (Fsp3) is 0.500. The lowest BCUT2D eigenvalue weighted by molar-refractivity contribution is -0.160. The first kappa shape index (κ1) is 18.8. The second kappa shape index (κ2) is 5.98. The number of benzene rings is 2. The van der Waals surface area contributed by atoms with Gasteiger partial charge in [0, 0.05) is 36.9 Å². The zero-order chi connectivity index (χ0) is 21.8. The monoisotopic (exact) mass is 433 g/mol. The van der Waals surface area contributed by atoms with E-state index in [4.69, 9.17) is 18.9 Å². The molecule has 4 heterocycles. The van der Waals surface area contributed by atoms with Crippen LogP contribution >= 0.6 is 0 Å². The van der Waals surface area contributed by atoms with Crippen LogP contribution in [0.25, 0.3) is 0 Å². The lowest BCUT2D eigenvalue weighted by atomic mass is 9.44. The van der Waals surface area contributed by atoms with E-state index in [1.54, 1.807) is 14.2 Å². The zero-order valence-electron chi connectivity index (χ0n) is 18.7. The summed E-state index contributed by atoms with van der Waals surface area (Å²) in [7, 11) is 3.43. The van der Waals surface area contributed by atoms with Crippen molar-refractivity contribution in [1.82, 2.24) is 4.90 Å². The third-order valence-corrected chi connectivity index (χ3v) is 8.74. The van der Waals surface area contributed by atoms with Gasteiger partial charge in [-0.2, -0.15) is 0 Å². The highest BCUT2D eigenvalue weighted by Gasteiger charge is 2.68. The smallest absolute Gasteiger partial charge is 0.231 e. The molecule has 2 aromatic carbocycles. The number of fused-ring (bicyclic) bond motifs is 2. The maximum Gasteiger partial charge on any atom is 0.231 e. The molecule has 4 bridgehead atoms. The highest BCUT2D eigenvalue weighted by Crippen LogP contribution is 2.73. The zero-order valence-corrected chi connectivity index (χ0v) is 18.7. The van der Waals surface area contributed by atoms with E-state index >= 15 is 0 Å². The Morgan fingerprint density at radius 1 is 1.09 bits per heavy atom. The van der Waals surface area contributed by atoms with E-state index in [2.05, 4.69) is 30.0 Å². The van der Waals surface area contributed by atoms with Gasteiger partial charge in [0.25, 0.3) is 0 Å². The number of hydrogen-bond donors (Lipinski definition) is 0. The molecule has 0 aromatic heterocycles. The van der Waals surface area contributed by atoms with Gasteiger partial charge in [0.1, 0.15) is 5.78 Å². The van der Waals surface area contributed by atoms with Gasteiger partial charge in [0.15, 0.2) is 23.0 Å². The van der Waals surface area contributed by atoms with Crippen molar-refractivity contribution < 1.29 is 23.7 Å². The van der Waals surface area contributed by atoms with Crippen molar-refractivity contribution in [3.05, 3.63) is 46.5 Å². The summed E-state index contributed by atoms with van der Waals surface area (Å²) < 4.78 is 23.0. The quantitative estimate of drug-likeness (QED) is 0.711. The topological polar surface area (TPSA) is 57.2 Å². The average molecular weight is 434 g/mol. The van der Waals surface area contributed by atoms with Crippen LogP contribution in [0.5, 0.6) is 23.0 Å². The molecule has 1 spiro atoms. The molecular formula is C26H27NO5. The van der Waals surface area contributed by atoms with Crippen molar-refractivity contribution in [3.8, 4) is 23.0 Å². The predicted molar refractivity (Wildman–Crippen MR) is 117 cm³/mol. The number of Topliss-reactive ketones (excluding diaryl/α,β-unsaturated/α-hetero) is 1.